The van der Waals surface area contributed by atoms with Gasteiger partial charge in [-0.1, -0.05) is 13.8 Å². The number of ether oxygens (including phenoxy) is 1. The van der Waals surface area contributed by atoms with Crippen molar-refractivity contribution in [3.8, 4) is 5.75 Å². The van der Waals surface area contributed by atoms with Crippen molar-refractivity contribution < 1.29 is 4.74 Å². The number of aryl methyl sites for hydroxylation is 1. The highest BCUT2D eigenvalue weighted by molar-refractivity contribution is 5.12. The number of aromatic nitrogens is 2. The lowest BCUT2D eigenvalue weighted by Crippen LogP contribution is -2.29. The van der Waals surface area contributed by atoms with Gasteiger partial charge in [0.05, 0.1) is 12.4 Å². The molecule has 92 valence electrons. The summed E-state index contributed by atoms with van der Waals surface area (Å²) in [4.78, 5) is 0. The van der Waals surface area contributed by atoms with Crippen LogP contribution in [0.2, 0.25) is 0 Å². The van der Waals surface area contributed by atoms with Crippen LogP contribution in [0.3, 0.4) is 0 Å². The van der Waals surface area contributed by atoms with E-state index in [4.69, 9.17) is 4.74 Å². The van der Waals surface area contributed by atoms with Crippen LogP contribution in [0.1, 0.15) is 33.6 Å². The molecule has 1 atom stereocenters. The van der Waals surface area contributed by atoms with Crippen molar-refractivity contribution in [1.29, 1.82) is 0 Å². The Balaban J connectivity index is 2.28. The van der Waals surface area contributed by atoms with Crippen molar-refractivity contribution in [2.75, 3.05) is 13.1 Å². The highest BCUT2D eigenvalue weighted by atomic mass is 16.5. The Hall–Kier alpha value is -1.03. The van der Waals surface area contributed by atoms with E-state index in [2.05, 4.69) is 31.2 Å². The molecule has 0 amide bonds. The molecule has 0 radical (unpaired) electrons. The maximum Gasteiger partial charge on any atom is 0.157 e. The summed E-state index contributed by atoms with van der Waals surface area (Å²) in [6, 6.07) is 0. The average Bonchev–Trinajstić information content (AvgIpc) is 2.66. The van der Waals surface area contributed by atoms with Gasteiger partial charge >= 0.3 is 0 Å². The monoisotopic (exact) mass is 225 g/mol. The summed E-state index contributed by atoms with van der Waals surface area (Å²) in [5.74, 6) is 0.860. The van der Waals surface area contributed by atoms with Crippen LogP contribution < -0.4 is 10.1 Å². The van der Waals surface area contributed by atoms with Crippen LogP contribution in [0.5, 0.6) is 5.75 Å². The highest BCUT2D eigenvalue weighted by Gasteiger charge is 2.05. The van der Waals surface area contributed by atoms with E-state index in [1.165, 1.54) is 0 Å². The molecule has 4 nitrogen and oxygen atoms in total. The molecule has 1 rings (SSSR count). The van der Waals surface area contributed by atoms with Crippen LogP contribution in [-0.2, 0) is 6.54 Å². The minimum absolute atomic E-state index is 0.186. The lowest BCUT2D eigenvalue weighted by atomic mass is 10.4. The Morgan fingerprint density at radius 1 is 1.44 bits per heavy atom. The first-order valence-corrected chi connectivity index (χ1v) is 6.16. The summed E-state index contributed by atoms with van der Waals surface area (Å²) in [5.41, 5.74) is 0. The maximum atomic E-state index is 5.74. The molecule has 16 heavy (non-hydrogen) atoms. The fourth-order valence-electron chi connectivity index (χ4n) is 1.51. The molecule has 0 saturated heterocycles. The van der Waals surface area contributed by atoms with E-state index in [1.54, 1.807) is 6.20 Å². The molecule has 1 unspecified atom stereocenters. The molecule has 0 bridgehead atoms. The molecular weight excluding hydrogens is 202 g/mol. The first-order chi connectivity index (χ1) is 7.76. The molecule has 1 N–H and O–H groups in total. The quantitative estimate of drug-likeness (QED) is 0.688. The van der Waals surface area contributed by atoms with Crippen molar-refractivity contribution in [2.45, 2.75) is 46.3 Å². The first-order valence-electron chi connectivity index (χ1n) is 6.16. The third-order valence-electron chi connectivity index (χ3n) is 2.26. The van der Waals surface area contributed by atoms with Gasteiger partial charge in [0.15, 0.2) is 5.75 Å². The number of nitrogens with one attached hydrogen (secondary N) is 1. The minimum atomic E-state index is 0.186. The molecule has 0 aliphatic rings. The van der Waals surface area contributed by atoms with E-state index in [0.717, 1.165) is 38.2 Å². The molecule has 0 aliphatic carbocycles. The fraction of sp³-hybridized carbons (Fsp3) is 0.750. The van der Waals surface area contributed by atoms with Gasteiger partial charge in [-0.25, -0.2) is 0 Å². The molecule has 1 aromatic heterocycles. The third kappa shape index (κ3) is 4.66. The van der Waals surface area contributed by atoms with Crippen LogP contribution in [0, 0.1) is 0 Å². The molecule has 0 spiro atoms. The van der Waals surface area contributed by atoms with Gasteiger partial charge in [0.25, 0.3) is 0 Å². The van der Waals surface area contributed by atoms with E-state index in [-0.39, 0.29) is 6.10 Å². The SMILES string of the molecule is CCCNCC(C)Oc1cnn(CCC)c1. The predicted octanol–water partition coefficient (Wildman–Crippen LogP) is 2.06. The second-order valence-corrected chi connectivity index (χ2v) is 4.07. The van der Waals surface area contributed by atoms with E-state index < -0.39 is 0 Å². The van der Waals surface area contributed by atoms with E-state index >= 15 is 0 Å². The lowest BCUT2D eigenvalue weighted by molar-refractivity contribution is 0.217. The van der Waals surface area contributed by atoms with Crippen molar-refractivity contribution in [3.63, 3.8) is 0 Å². The van der Waals surface area contributed by atoms with Crippen molar-refractivity contribution in [2.24, 2.45) is 0 Å². The number of rotatable bonds is 8. The first kappa shape index (κ1) is 13.0. The number of nitrogens with zero attached hydrogens (tertiary/aromatic N) is 2. The van der Waals surface area contributed by atoms with Gasteiger partial charge in [-0.05, 0) is 26.3 Å². The van der Waals surface area contributed by atoms with Crippen molar-refractivity contribution >= 4 is 0 Å². The Kier molecular flexibility index (Phi) is 5.93. The topological polar surface area (TPSA) is 39.1 Å². The summed E-state index contributed by atoms with van der Waals surface area (Å²) in [7, 11) is 0. The molecule has 0 aliphatic heterocycles. The second kappa shape index (κ2) is 7.28. The zero-order valence-corrected chi connectivity index (χ0v) is 10.6. The zero-order chi connectivity index (χ0) is 11.8. The van der Waals surface area contributed by atoms with Crippen molar-refractivity contribution in [1.82, 2.24) is 15.1 Å². The van der Waals surface area contributed by atoms with E-state index in [9.17, 15) is 0 Å². The Morgan fingerprint density at radius 3 is 2.94 bits per heavy atom. The lowest BCUT2D eigenvalue weighted by Gasteiger charge is -2.13. The molecule has 0 aromatic carbocycles. The normalized spacial score (nSPS) is 12.7. The number of hydrogen-bond acceptors (Lipinski definition) is 3. The van der Waals surface area contributed by atoms with Crippen LogP contribution in [0.4, 0.5) is 0 Å². The zero-order valence-electron chi connectivity index (χ0n) is 10.6. The molecule has 0 saturated carbocycles. The van der Waals surface area contributed by atoms with Crippen LogP contribution >= 0.6 is 0 Å². The standard InChI is InChI=1S/C12H23N3O/c1-4-6-13-8-11(3)16-12-9-14-15(10-12)7-5-2/h9-11,13H,4-8H2,1-3H3. The molecule has 1 aromatic rings. The smallest absolute Gasteiger partial charge is 0.157 e. The van der Waals surface area contributed by atoms with E-state index in [0.29, 0.717) is 0 Å². The van der Waals surface area contributed by atoms with Gasteiger partial charge < -0.3 is 10.1 Å². The Bertz CT molecular complexity index is 286. The van der Waals surface area contributed by atoms with Crippen LogP contribution in [-0.4, -0.2) is 29.0 Å². The molecule has 1 heterocycles. The van der Waals surface area contributed by atoms with Gasteiger partial charge in [-0.2, -0.15) is 5.10 Å². The summed E-state index contributed by atoms with van der Waals surface area (Å²) in [6.07, 6.45) is 6.17. The highest BCUT2D eigenvalue weighted by Crippen LogP contribution is 2.10. The Morgan fingerprint density at radius 2 is 2.25 bits per heavy atom. The summed E-state index contributed by atoms with van der Waals surface area (Å²) in [5, 5.41) is 7.56. The predicted molar refractivity (Wildman–Crippen MR) is 65.8 cm³/mol. The van der Waals surface area contributed by atoms with E-state index in [1.807, 2.05) is 10.9 Å². The van der Waals surface area contributed by atoms with Crippen LogP contribution in [0.25, 0.3) is 0 Å². The Labute approximate surface area is 98.0 Å². The molecular formula is C12H23N3O. The maximum absolute atomic E-state index is 5.74. The molecule has 4 heteroatoms. The number of hydrogen-bond donors (Lipinski definition) is 1. The van der Waals surface area contributed by atoms with Gasteiger partial charge in [-0.3, -0.25) is 4.68 Å². The fourth-order valence-corrected chi connectivity index (χ4v) is 1.51. The van der Waals surface area contributed by atoms with Crippen molar-refractivity contribution in [3.05, 3.63) is 12.4 Å². The minimum Gasteiger partial charge on any atom is -0.486 e. The largest absolute Gasteiger partial charge is 0.486 e. The van der Waals surface area contributed by atoms with Gasteiger partial charge in [0.2, 0.25) is 0 Å². The summed E-state index contributed by atoms with van der Waals surface area (Å²) >= 11 is 0. The van der Waals surface area contributed by atoms with Gasteiger partial charge in [-0.15, -0.1) is 0 Å². The summed E-state index contributed by atoms with van der Waals surface area (Å²) in [6.45, 7) is 9.24. The van der Waals surface area contributed by atoms with Crippen LogP contribution in [0.15, 0.2) is 12.4 Å². The van der Waals surface area contributed by atoms with Gasteiger partial charge in [0, 0.05) is 13.1 Å². The summed E-state index contributed by atoms with van der Waals surface area (Å²) < 4.78 is 7.66. The molecule has 0 fully saturated rings. The van der Waals surface area contributed by atoms with Gasteiger partial charge in [0.1, 0.15) is 6.10 Å². The third-order valence-corrected chi connectivity index (χ3v) is 2.26. The average molecular weight is 225 g/mol. The second-order valence-electron chi connectivity index (χ2n) is 4.07.